The summed E-state index contributed by atoms with van der Waals surface area (Å²) in [4.78, 5) is 4.27. The molecule has 8 heavy (non-hydrogen) atoms. The van der Waals surface area contributed by atoms with Crippen LogP contribution >= 0.6 is 0 Å². The molecule has 0 fully saturated rings. The van der Waals surface area contributed by atoms with E-state index in [1.54, 1.807) is 11.1 Å². The van der Waals surface area contributed by atoms with Crippen molar-refractivity contribution in [2.75, 3.05) is 0 Å². The fourth-order valence-electron chi connectivity index (χ4n) is 1.36. The highest BCUT2D eigenvalue weighted by molar-refractivity contribution is 5.54. The lowest BCUT2D eigenvalue weighted by molar-refractivity contribution is 0.896. The molecule has 0 radical (unpaired) electrons. The second-order valence-electron chi connectivity index (χ2n) is 2.55. The van der Waals surface area contributed by atoms with Crippen LogP contribution in [0.15, 0.2) is 6.07 Å². The number of pyridine rings is 1. The third-order valence-electron chi connectivity index (χ3n) is 1.95. The quantitative estimate of drug-likeness (QED) is 0.411. The number of aromatic nitrogens is 1. The highest BCUT2D eigenvalue weighted by Crippen LogP contribution is 2.37. The average molecular weight is 103 g/mol. The van der Waals surface area contributed by atoms with E-state index in [2.05, 4.69) is 11.1 Å². The molecule has 0 atom stereocenters. The maximum Gasteiger partial charge on any atom is 0.0504 e. The van der Waals surface area contributed by atoms with Crippen molar-refractivity contribution < 1.29 is 0 Å². The van der Waals surface area contributed by atoms with Crippen LogP contribution in [0.2, 0.25) is 0 Å². The van der Waals surface area contributed by atoms with E-state index in [0.29, 0.717) is 0 Å². The van der Waals surface area contributed by atoms with Gasteiger partial charge in [-0.2, -0.15) is 0 Å². The maximum atomic E-state index is 4.27. The second-order valence-corrected chi connectivity index (χ2v) is 2.55. The molecular formula is C7H5N. The van der Waals surface area contributed by atoms with Gasteiger partial charge in [0.15, 0.2) is 0 Å². The second kappa shape index (κ2) is 0.711. The van der Waals surface area contributed by atoms with Crippen LogP contribution in [0.5, 0.6) is 0 Å². The Morgan fingerprint density at radius 1 is 1.38 bits per heavy atom. The van der Waals surface area contributed by atoms with Crippen LogP contribution in [0.3, 0.4) is 0 Å². The largest absolute Gasteiger partial charge is 0.257 e. The lowest BCUT2D eigenvalue weighted by atomic mass is 10.1. The third-order valence-corrected chi connectivity index (χ3v) is 1.95. The van der Waals surface area contributed by atoms with Crippen LogP contribution in [-0.2, 0) is 12.8 Å². The Morgan fingerprint density at radius 3 is 2.75 bits per heavy atom. The van der Waals surface area contributed by atoms with E-state index in [-0.39, 0.29) is 0 Å². The molecular weight excluding hydrogens is 98.1 g/mol. The van der Waals surface area contributed by atoms with Gasteiger partial charge in [0, 0.05) is 12.1 Å². The topological polar surface area (TPSA) is 12.9 Å². The number of hydrogen-bond donors (Lipinski definition) is 0. The molecule has 4 rings (SSSR count). The van der Waals surface area contributed by atoms with Crippen molar-refractivity contribution in [3.8, 4) is 0 Å². The predicted molar refractivity (Wildman–Crippen MR) is 29.8 cm³/mol. The summed E-state index contributed by atoms with van der Waals surface area (Å²) < 4.78 is 0. The van der Waals surface area contributed by atoms with Crippen molar-refractivity contribution in [3.63, 3.8) is 0 Å². The molecule has 0 amide bonds. The first-order valence-electron chi connectivity index (χ1n) is 2.94. The molecule has 1 aromatic rings. The Morgan fingerprint density at radius 2 is 2.25 bits per heavy atom. The van der Waals surface area contributed by atoms with Crippen molar-refractivity contribution >= 4 is 0 Å². The standard InChI is InChI=1S/C7H5N/c1-4-2-6(4)7-3-5(1)8-7/h1H,2-3H2. The first kappa shape index (κ1) is 3.23. The minimum atomic E-state index is 1.17. The molecule has 0 saturated carbocycles. The van der Waals surface area contributed by atoms with Gasteiger partial charge in [0.05, 0.1) is 5.69 Å². The van der Waals surface area contributed by atoms with Gasteiger partial charge in [0.1, 0.15) is 0 Å². The molecule has 1 heteroatoms. The normalized spacial score (nSPS) is 17.0. The Kier molecular flexibility index (Phi) is 0.287. The summed E-state index contributed by atoms with van der Waals surface area (Å²) >= 11 is 0. The highest BCUT2D eigenvalue weighted by Gasteiger charge is 2.28. The summed E-state index contributed by atoms with van der Waals surface area (Å²) in [5.74, 6) is 0. The van der Waals surface area contributed by atoms with E-state index in [9.17, 15) is 0 Å². The molecule has 2 aliphatic carbocycles. The van der Waals surface area contributed by atoms with E-state index in [4.69, 9.17) is 0 Å². The third kappa shape index (κ3) is 0.198. The van der Waals surface area contributed by atoms with Crippen molar-refractivity contribution in [2.24, 2.45) is 0 Å². The molecule has 0 unspecified atom stereocenters. The summed E-state index contributed by atoms with van der Waals surface area (Å²) in [5, 5.41) is 0. The number of rotatable bonds is 0. The molecule has 1 nitrogen and oxygen atoms in total. The molecule has 1 aromatic heterocycles. The molecule has 2 bridgehead atoms. The van der Waals surface area contributed by atoms with Crippen LogP contribution in [0.1, 0.15) is 22.5 Å². The Hall–Kier alpha value is -0.850. The van der Waals surface area contributed by atoms with Crippen LogP contribution < -0.4 is 0 Å². The van der Waals surface area contributed by atoms with Crippen LogP contribution in [0.25, 0.3) is 0 Å². The van der Waals surface area contributed by atoms with E-state index in [1.807, 2.05) is 0 Å². The summed E-state index contributed by atoms with van der Waals surface area (Å²) in [6, 6.07) is 2.22. The lowest BCUT2D eigenvalue weighted by Crippen LogP contribution is -2.05. The molecule has 0 spiro atoms. The number of hydrogen-bond acceptors (Lipinski definition) is 1. The van der Waals surface area contributed by atoms with E-state index < -0.39 is 0 Å². The SMILES string of the molecule is c1c2nc(c3c1C3)C2. The summed E-state index contributed by atoms with van der Waals surface area (Å²) in [5.41, 5.74) is 5.77. The summed E-state index contributed by atoms with van der Waals surface area (Å²) in [7, 11) is 0. The molecule has 0 aromatic carbocycles. The molecule has 3 aliphatic rings. The molecule has 0 N–H and O–H groups in total. The zero-order valence-electron chi connectivity index (χ0n) is 4.44. The average Bonchev–Trinajstić information content (AvgIpc) is 2.35. The minimum absolute atomic E-state index is 1.17. The van der Waals surface area contributed by atoms with E-state index in [1.165, 1.54) is 24.2 Å². The minimum Gasteiger partial charge on any atom is -0.257 e. The molecule has 0 saturated heterocycles. The number of nitrogens with zero attached hydrogens (tertiary/aromatic N) is 1. The Balaban J connectivity index is 2.58. The monoisotopic (exact) mass is 103 g/mol. The lowest BCUT2D eigenvalue weighted by Gasteiger charge is -2.09. The fourth-order valence-corrected chi connectivity index (χ4v) is 1.36. The summed E-state index contributed by atoms with van der Waals surface area (Å²) in [6.07, 6.45) is 2.40. The van der Waals surface area contributed by atoms with Gasteiger partial charge in [-0.25, -0.2) is 0 Å². The fraction of sp³-hybridized carbons (Fsp3) is 0.286. The van der Waals surface area contributed by atoms with Gasteiger partial charge in [-0.1, -0.05) is 0 Å². The van der Waals surface area contributed by atoms with Crippen molar-refractivity contribution in [1.29, 1.82) is 0 Å². The molecule has 1 aliphatic heterocycles. The van der Waals surface area contributed by atoms with Gasteiger partial charge in [0.25, 0.3) is 0 Å². The zero-order valence-corrected chi connectivity index (χ0v) is 4.44. The van der Waals surface area contributed by atoms with E-state index >= 15 is 0 Å². The first-order chi connectivity index (χ1) is 3.93. The van der Waals surface area contributed by atoms with Gasteiger partial charge in [-0.05, 0) is 23.6 Å². The predicted octanol–water partition coefficient (Wildman–Crippen LogP) is 0.890. The van der Waals surface area contributed by atoms with Gasteiger partial charge in [0.2, 0.25) is 0 Å². The van der Waals surface area contributed by atoms with E-state index in [0.717, 1.165) is 0 Å². The highest BCUT2D eigenvalue weighted by atomic mass is 14.8. The first-order valence-corrected chi connectivity index (χ1v) is 2.94. The van der Waals surface area contributed by atoms with Crippen LogP contribution in [-0.4, -0.2) is 4.98 Å². The molecule has 2 heterocycles. The van der Waals surface area contributed by atoms with Gasteiger partial charge < -0.3 is 0 Å². The molecule has 38 valence electrons. The summed E-state index contributed by atoms with van der Waals surface area (Å²) in [6.45, 7) is 0. The smallest absolute Gasteiger partial charge is 0.0504 e. The van der Waals surface area contributed by atoms with Crippen molar-refractivity contribution in [2.45, 2.75) is 12.8 Å². The maximum absolute atomic E-state index is 4.27. The van der Waals surface area contributed by atoms with Crippen molar-refractivity contribution in [1.82, 2.24) is 4.98 Å². The Labute approximate surface area is 47.4 Å². The van der Waals surface area contributed by atoms with Crippen LogP contribution in [0.4, 0.5) is 0 Å². The van der Waals surface area contributed by atoms with Gasteiger partial charge in [-0.3, -0.25) is 4.98 Å². The van der Waals surface area contributed by atoms with Crippen LogP contribution in [0, 0.1) is 0 Å². The Bertz CT molecular complexity index is 275. The zero-order chi connectivity index (χ0) is 5.14. The van der Waals surface area contributed by atoms with Gasteiger partial charge in [-0.15, -0.1) is 0 Å². The van der Waals surface area contributed by atoms with Gasteiger partial charge >= 0.3 is 0 Å². The van der Waals surface area contributed by atoms with Crippen molar-refractivity contribution in [3.05, 3.63) is 28.6 Å².